The Morgan fingerprint density at radius 1 is 1.33 bits per heavy atom. The molecule has 3 N–H and O–H groups in total. The normalized spacial score (nSPS) is 21.3. The number of sulfonamides is 1. The summed E-state index contributed by atoms with van der Waals surface area (Å²) in [5.74, 6) is 1.25. The van der Waals surface area contributed by atoms with E-state index in [9.17, 15) is 8.42 Å². The van der Waals surface area contributed by atoms with Crippen LogP contribution in [0.4, 0.5) is 0 Å². The highest BCUT2D eigenvalue weighted by atomic mass is 127. The van der Waals surface area contributed by atoms with Crippen LogP contribution in [0.5, 0.6) is 0 Å². The third-order valence-corrected chi connectivity index (χ3v) is 7.56. The highest BCUT2D eigenvalue weighted by Crippen LogP contribution is 2.20. The quantitative estimate of drug-likeness (QED) is 0.217. The van der Waals surface area contributed by atoms with E-state index in [-0.39, 0.29) is 24.0 Å². The Kier molecular flexibility index (Phi) is 9.97. The number of hydrogen-bond donors (Lipinski definition) is 3. The minimum Gasteiger partial charge on any atom is -0.355 e. The van der Waals surface area contributed by atoms with Crippen LogP contribution in [0.2, 0.25) is 0 Å². The summed E-state index contributed by atoms with van der Waals surface area (Å²) in [5.41, 5.74) is 0. The second-order valence-corrected chi connectivity index (χ2v) is 10.3. The van der Waals surface area contributed by atoms with Gasteiger partial charge in [0.25, 0.3) is 0 Å². The lowest BCUT2D eigenvalue weighted by molar-refractivity contribution is 0.265. The Labute approximate surface area is 184 Å². The van der Waals surface area contributed by atoms with Gasteiger partial charge in [-0.15, -0.1) is 35.3 Å². The van der Waals surface area contributed by atoms with Gasteiger partial charge >= 0.3 is 0 Å². The molecule has 0 radical (unpaired) electrons. The molecule has 0 spiro atoms. The van der Waals surface area contributed by atoms with Crippen LogP contribution in [-0.2, 0) is 10.0 Å². The molecule has 1 aliphatic heterocycles. The summed E-state index contributed by atoms with van der Waals surface area (Å²) in [7, 11) is -1.70. The predicted molar refractivity (Wildman–Crippen MR) is 124 cm³/mol. The Hall–Kier alpha value is -0.430. The zero-order chi connectivity index (χ0) is 19.3. The maximum absolute atomic E-state index is 12.2. The summed E-state index contributed by atoms with van der Waals surface area (Å²) in [6.07, 6.45) is 0. The Morgan fingerprint density at radius 2 is 2.04 bits per heavy atom. The first-order valence-electron chi connectivity index (χ1n) is 9.00. The van der Waals surface area contributed by atoms with Crippen molar-refractivity contribution in [2.45, 2.75) is 44.0 Å². The highest BCUT2D eigenvalue weighted by molar-refractivity contribution is 14.0. The average molecular weight is 530 g/mol. The molecule has 1 aliphatic rings. The highest BCUT2D eigenvalue weighted by Gasteiger charge is 2.31. The van der Waals surface area contributed by atoms with E-state index in [2.05, 4.69) is 46.0 Å². The number of nitrogens with zero attached hydrogens (tertiary/aromatic N) is 2. The number of halogens is 1. The van der Waals surface area contributed by atoms with Crippen LogP contribution in [-0.4, -0.2) is 64.6 Å². The third-order valence-electron chi connectivity index (χ3n) is 4.61. The van der Waals surface area contributed by atoms with E-state index >= 15 is 0 Å². The lowest BCUT2D eigenvalue weighted by atomic mass is 10.1. The van der Waals surface area contributed by atoms with Gasteiger partial charge in [0.15, 0.2) is 5.96 Å². The molecule has 2 rings (SSSR count). The van der Waals surface area contributed by atoms with Gasteiger partial charge in [0.1, 0.15) is 4.21 Å². The molecule has 1 fully saturated rings. The van der Waals surface area contributed by atoms with E-state index in [0.717, 1.165) is 18.0 Å². The zero-order valence-electron chi connectivity index (χ0n) is 16.7. The van der Waals surface area contributed by atoms with Gasteiger partial charge in [0.2, 0.25) is 10.0 Å². The van der Waals surface area contributed by atoms with Crippen molar-refractivity contribution in [3.63, 3.8) is 0 Å². The summed E-state index contributed by atoms with van der Waals surface area (Å²) >= 11 is 1.28. The molecule has 1 aromatic heterocycles. The lowest BCUT2D eigenvalue weighted by Gasteiger charge is -2.22. The Bertz CT molecular complexity index is 721. The number of thiophene rings is 1. The number of aryl methyl sites for hydroxylation is 1. The largest absolute Gasteiger partial charge is 0.355 e. The summed E-state index contributed by atoms with van der Waals surface area (Å²) in [6.45, 7) is 11.4. The van der Waals surface area contributed by atoms with Crippen molar-refractivity contribution in [3.8, 4) is 0 Å². The average Bonchev–Trinajstić information content (AvgIpc) is 3.17. The Morgan fingerprint density at radius 3 is 2.56 bits per heavy atom. The number of hydrogen-bond acceptors (Lipinski definition) is 5. The van der Waals surface area contributed by atoms with Crippen molar-refractivity contribution < 1.29 is 8.42 Å². The van der Waals surface area contributed by atoms with E-state index in [1.807, 2.05) is 13.0 Å². The molecule has 2 unspecified atom stereocenters. The van der Waals surface area contributed by atoms with Crippen molar-refractivity contribution in [2.24, 2.45) is 10.9 Å². The molecule has 1 saturated heterocycles. The van der Waals surface area contributed by atoms with Crippen LogP contribution in [0.3, 0.4) is 0 Å². The fourth-order valence-electron chi connectivity index (χ4n) is 2.98. The molecule has 10 heteroatoms. The van der Waals surface area contributed by atoms with Gasteiger partial charge in [-0.05, 0) is 38.8 Å². The number of nitrogens with one attached hydrogen (secondary N) is 3. The monoisotopic (exact) mass is 529 g/mol. The van der Waals surface area contributed by atoms with E-state index in [1.165, 1.54) is 11.3 Å². The van der Waals surface area contributed by atoms with Gasteiger partial charge in [-0.1, -0.05) is 6.92 Å². The number of aliphatic imine (C=N–C) groups is 1. The van der Waals surface area contributed by atoms with Gasteiger partial charge in [-0.25, -0.2) is 13.1 Å². The van der Waals surface area contributed by atoms with Gasteiger partial charge in [-0.2, -0.15) is 0 Å². The molecule has 0 bridgehead atoms. The van der Waals surface area contributed by atoms with Crippen LogP contribution < -0.4 is 15.4 Å². The molecule has 0 aliphatic carbocycles. The molecule has 1 aromatic rings. The molecule has 156 valence electrons. The minimum atomic E-state index is -3.43. The fourth-order valence-corrected chi connectivity index (χ4v) is 5.34. The first kappa shape index (κ1) is 24.6. The van der Waals surface area contributed by atoms with E-state index in [4.69, 9.17) is 0 Å². The first-order valence-corrected chi connectivity index (χ1v) is 11.3. The van der Waals surface area contributed by atoms with Crippen LogP contribution in [0.15, 0.2) is 21.3 Å². The van der Waals surface area contributed by atoms with E-state index in [1.54, 1.807) is 13.1 Å². The summed E-state index contributed by atoms with van der Waals surface area (Å²) in [6, 6.07) is 4.33. The van der Waals surface area contributed by atoms with Gasteiger partial charge in [0.05, 0.1) is 0 Å². The predicted octanol–water partition coefficient (Wildman–Crippen LogP) is 1.85. The maximum Gasteiger partial charge on any atom is 0.250 e. The van der Waals surface area contributed by atoms with Crippen molar-refractivity contribution in [1.29, 1.82) is 0 Å². The fraction of sp³-hybridized carbons (Fsp3) is 0.706. The SMILES string of the molecule is CN=C(NCCNS(=O)(=O)c1ccc(C)s1)NC1CN(C(C)C)CC1C.I. The van der Waals surface area contributed by atoms with Gasteiger partial charge in [-0.3, -0.25) is 9.89 Å². The van der Waals surface area contributed by atoms with Gasteiger partial charge in [0, 0.05) is 50.2 Å². The smallest absolute Gasteiger partial charge is 0.250 e. The molecule has 27 heavy (non-hydrogen) atoms. The second kappa shape index (κ2) is 10.9. The maximum atomic E-state index is 12.2. The molecule has 0 aromatic carbocycles. The number of guanidine groups is 1. The van der Waals surface area contributed by atoms with Crippen molar-refractivity contribution in [3.05, 3.63) is 17.0 Å². The second-order valence-electron chi connectivity index (χ2n) is 7.04. The van der Waals surface area contributed by atoms with Crippen LogP contribution >= 0.6 is 35.3 Å². The van der Waals surface area contributed by atoms with Crippen molar-refractivity contribution in [1.82, 2.24) is 20.3 Å². The standard InChI is InChI=1S/C17H31N5O2S2.HI/c1-12(2)22-10-13(3)15(11-22)21-17(18-5)19-8-9-20-26(23,24)16-7-6-14(4)25-16;/h6-7,12-13,15,20H,8-11H2,1-5H3,(H2,18,19,21);1H. The number of rotatable bonds is 7. The number of likely N-dealkylation sites (tertiary alicyclic amines) is 1. The Balaban J connectivity index is 0.00000364. The molecule has 0 amide bonds. The summed E-state index contributed by atoms with van der Waals surface area (Å²) in [5, 5.41) is 6.64. The molecular weight excluding hydrogens is 497 g/mol. The van der Waals surface area contributed by atoms with E-state index < -0.39 is 10.0 Å². The van der Waals surface area contributed by atoms with Crippen LogP contribution in [0, 0.1) is 12.8 Å². The lowest BCUT2D eigenvalue weighted by Crippen LogP contribution is -2.48. The van der Waals surface area contributed by atoms with Crippen LogP contribution in [0.25, 0.3) is 0 Å². The minimum absolute atomic E-state index is 0. The molecular formula is C17H32IN5O2S2. The molecule has 0 saturated carbocycles. The molecule has 2 atom stereocenters. The summed E-state index contributed by atoms with van der Waals surface area (Å²) < 4.78 is 27.4. The zero-order valence-corrected chi connectivity index (χ0v) is 20.6. The van der Waals surface area contributed by atoms with Gasteiger partial charge < -0.3 is 10.6 Å². The third kappa shape index (κ3) is 7.15. The van der Waals surface area contributed by atoms with Crippen molar-refractivity contribution >= 4 is 51.3 Å². The molecule has 2 heterocycles. The van der Waals surface area contributed by atoms with E-state index in [0.29, 0.717) is 41.3 Å². The van der Waals surface area contributed by atoms with Crippen LogP contribution in [0.1, 0.15) is 25.6 Å². The first-order chi connectivity index (χ1) is 12.2. The topological polar surface area (TPSA) is 85.8 Å². The summed E-state index contributed by atoms with van der Waals surface area (Å²) in [4.78, 5) is 7.68. The van der Waals surface area contributed by atoms with Crippen molar-refractivity contribution in [2.75, 3.05) is 33.2 Å². The molecule has 7 nitrogen and oxygen atoms in total.